The van der Waals surface area contributed by atoms with Gasteiger partial charge in [0.25, 0.3) is 11.7 Å². The highest BCUT2D eigenvalue weighted by atomic mass is 35.5. The first-order valence-corrected chi connectivity index (χ1v) is 11.1. The van der Waals surface area contributed by atoms with E-state index in [-0.39, 0.29) is 16.9 Å². The second-order valence-corrected chi connectivity index (χ2v) is 8.35. The van der Waals surface area contributed by atoms with Crippen LogP contribution in [0, 0.1) is 6.92 Å². The zero-order chi connectivity index (χ0) is 25.3. The highest BCUT2D eigenvalue weighted by molar-refractivity contribution is 6.52. The number of methoxy groups -OCH3 is 3. The van der Waals surface area contributed by atoms with Gasteiger partial charge in [-0.3, -0.25) is 14.5 Å². The van der Waals surface area contributed by atoms with Crippen molar-refractivity contribution in [2.75, 3.05) is 26.2 Å². The second kappa shape index (κ2) is 9.72. The number of ether oxygens (including phenoxy) is 3. The molecule has 3 aromatic carbocycles. The van der Waals surface area contributed by atoms with Gasteiger partial charge < -0.3 is 19.3 Å². The summed E-state index contributed by atoms with van der Waals surface area (Å²) in [5.41, 5.74) is 1.95. The number of amides is 1. The number of hydrogen-bond acceptors (Lipinski definition) is 6. The van der Waals surface area contributed by atoms with Crippen molar-refractivity contribution in [3.05, 3.63) is 87.9 Å². The van der Waals surface area contributed by atoms with E-state index < -0.39 is 17.7 Å². The van der Waals surface area contributed by atoms with Crippen molar-refractivity contribution in [3.8, 4) is 17.2 Å². The maximum atomic E-state index is 13.4. The van der Waals surface area contributed by atoms with E-state index in [1.165, 1.54) is 26.2 Å². The van der Waals surface area contributed by atoms with Crippen LogP contribution in [0.15, 0.2) is 66.2 Å². The first-order chi connectivity index (χ1) is 16.8. The van der Waals surface area contributed by atoms with E-state index in [4.69, 9.17) is 25.8 Å². The zero-order valence-corrected chi connectivity index (χ0v) is 20.4. The van der Waals surface area contributed by atoms with Crippen LogP contribution in [0.25, 0.3) is 5.76 Å². The Bertz CT molecular complexity index is 1350. The van der Waals surface area contributed by atoms with E-state index in [1.54, 1.807) is 60.7 Å². The third kappa shape index (κ3) is 4.31. The predicted octanol–water partition coefficient (Wildman–Crippen LogP) is 5.30. The van der Waals surface area contributed by atoms with Crippen LogP contribution in [0.2, 0.25) is 5.02 Å². The van der Waals surface area contributed by atoms with E-state index in [0.29, 0.717) is 33.5 Å². The molecule has 1 N–H and O–H groups in total. The smallest absolute Gasteiger partial charge is 0.300 e. The van der Waals surface area contributed by atoms with E-state index in [9.17, 15) is 14.7 Å². The van der Waals surface area contributed by atoms with Crippen LogP contribution in [-0.4, -0.2) is 38.1 Å². The number of aliphatic hydroxyl groups is 1. The van der Waals surface area contributed by atoms with Crippen molar-refractivity contribution < 1.29 is 28.9 Å². The summed E-state index contributed by atoms with van der Waals surface area (Å²) in [6, 6.07) is 16.0. The summed E-state index contributed by atoms with van der Waals surface area (Å²) >= 11 is 6.35. The van der Waals surface area contributed by atoms with Gasteiger partial charge in [0.2, 0.25) is 0 Å². The van der Waals surface area contributed by atoms with Crippen molar-refractivity contribution in [1.82, 2.24) is 0 Å². The number of hydrogen-bond donors (Lipinski definition) is 1. The molecular weight excluding hydrogens is 470 g/mol. The van der Waals surface area contributed by atoms with Crippen molar-refractivity contribution >= 4 is 34.7 Å². The van der Waals surface area contributed by atoms with E-state index in [0.717, 1.165) is 5.56 Å². The largest absolute Gasteiger partial charge is 0.507 e. The first-order valence-electron chi connectivity index (χ1n) is 10.7. The number of carbonyl (C=O) groups excluding carboxylic acids is 2. The molecule has 8 heteroatoms. The standard InChI is InChI=1S/C27H24ClNO6/c1-15-8-9-17(13-21(15)28)29-24(16-6-5-7-18(12-16)33-2)23(26(31)27(29)32)25(30)20-14-19(34-3)10-11-22(20)35-4/h5-14,24,30H,1-4H3/b25-23+. The summed E-state index contributed by atoms with van der Waals surface area (Å²) in [5.74, 6) is -0.707. The fourth-order valence-corrected chi connectivity index (χ4v) is 4.28. The molecule has 180 valence electrons. The van der Waals surface area contributed by atoms with E-state index >= 15 is 0 Å². The minimum atomic E-state index is -0.945. The summed E-state index contributed by atoms with van der Waals surface area (Å²) in [7, 11) is 4.46. The predicted molar refractivity (Wildman–Crippen MR) is 134 cm³/mol. The fraction of sp³-hybridized carbons (Fsp3) is 0.185. The number of rotatable bonds is 6. The lowest BCUT2D eigenvalue weighted by atomic mass is 9.94. The second-order valence-electron chi connectivity index (χ2n) is 7.95. The maximum Gasteiger partial charge on any atom is 0.300 e. The average Bonchev–Trinajstić information content (AvgIpc) is 3.15. The zero-order valence-electron chi connectivity index (χ0n) is 19.7. The molecule has 0 bridgehead atoms. The molecular formula is C27H24ClNO6. The number of Topliss-reactive ketones (excluding diaryl/α,β-unsaturated/α-hetero) is 1. The number of nitrogens with zero attached hydrogens (tertiary/aromatic N) is 1. The van der Waals surface area contributed by atoms with Crippen LogP contribution < -0.4 is 19.1 Å². The number of ketones is 1. The lowest BCUT2D eigenvalue weighted by Gasteiger charge is -2.26. The summed E-state index contributed by atoms with van der Waals surface area (Å²) < 4.78 is 16.1. The highest BCUT2D eigenvalue weighted by Gasteiger charge is 2.47. The van der Waals surface area contributed by atoms with Gasteiger partial charge in [-0.25, -0.2) is 0 Å². The van der Waals surface area contributed by atoms with Gasteiger partial charge in [-0.2, -0.15) is 0 Å². The van der Waals surface area contributed by atoms with Crippen molar-refractivity contribution in [1.29, 1.82) is 0 Å². The monoisotopic (exact) mass is 493 g/mol. The van der Waals surface area contributed by atoms with Crippen molar-refractivity contribution in [2.45, 2.75) is 13.0 Å². The minimum Gasteiger partial charge on any atom is -0.507 e. The Morgan fingerprint density at radius 2 is 1.63 bits per heavy atom. The van der Waals surface area contributed by atoms with Gasteiger partial charge in [0.05, 0.1) is 38.5 Å². The van der Waals surface area contributed by atoms with Crippen LogP contribution in [0.3, 0.4) is 0 Å². The van der Waals surface area contributed by atoms with Gasteiger partial charge in [0.1, 0.15) is 23.0 Å². The van der Waals surface area contributed by atoms with Gasteiger partial charge in [0.15, 0.2) is 0 Å². The molecule has 1 aliphatic rings. The Labute approximate surface area is 208 Å². The molecule has 4 rings (SSSR count). The fourth-order valence-electron chi connectivity index (χ4n) is 4.10. The van der Waals surface area contributed by atoms with Gasteiger partial charge in [-0.05, 0) is 60.5 Å². The summed E-state index contributed by atoms with van der Waals surface area (Å²) in [6.45, 7) is 1.84. The Kier molecular flexibility index (Phi) is 6.71. The van der Waals surface area contributed by atoms with Crippen molar-refractivity contribution in [2.24, 2.45) is 0 Å². The number of carbonyl (C=O) groups is 2. The van der Waals surface area contributed by atoms with Crippen LogP contribution >= 0.6 is 11.6 Å². The van der Waals surface area contributed by atoms with Gasteiger partial charge in [0, 0.05) is 10.7 Å². The summed E-state index contributed by atoms with van der Waals surface area (Å²) in [4.78, 5) is 28.1. The molecule has 0 aromatic heterocycles. The van der Waals surface area contributed by atoms with Crippen LogP contribution in [-0.2, 0) is 9.59 Å². The molecule has 1 unspecified atom stereocenters. The first kappa shape index (κ1) is 24.2. The molecule has 0 radical (unpaired) electrons. The summed E-state index contributed by atoms with van der Waals surface area (Å²) in [5, 5.41) is 11.9. The quantitative estimate of drug-likeness (QED) is 0.285. The molecule has 0 spiro atoms. The number of anilines is 1. The summed E-state index contributed by atoms with van der Waals surface area (Å²) in [6.07, 6.45) is 0. The molecule has 1 aliphatic heterocycles. The van der Waals surface area contributed by atoms with Gasteiger partial charge in [-0.15, -0.1) is 0 Å². The molecule has 1 heterocycles. The molecule has 0 saturated carbocycles. The number of benzene rings is 3. The van der Waals surface area contributed by atoms with Crippen molar-refractivity contribution in [3.63, 3.8) is 0 Å². The Morgan fingerprint density at radius 3 is 2.29 bits per heavy atom. The molecule has 1 fully saturated rings. The molecule has 3 aromatic rings. The van der Waals surface area contributed by atoms with Crippen LogP contribution in [0.4, 0.5) is 5.69 Å². The van der Waals surface area contributed by atoms with Gasteiger partial charge in [-0.1, -0.05) is 29.8 Å². The third-order valence-electron chi connectivity index (χ3n) is 5.95. The van der Waals surface area contributed by atoms with E-state index in [2.05, 4.69) is 0 Å². The Hall–Kier alpha value is -3.97. The Balaban J connectivity index is 2.00. The molecule has 1 amide bonds. The number of aliphatic hydroxyl groups excluding tert-OH is 1. The molecule has 1 saturated heterocycles. The lowest BCUT2D eigenvalue weighted by Crippen LogP contribution is -2.29. The topological polar surface area (TPSA) is 85.3 Å². The molecule has 0 aliphatic carbocycles. The van der Waals surface area contributed by atoms with Crippen LogP contribution in [0.1, 0.15) is 22.7 Å². The van der Waals surface area contributed by atoms with Crippen LogP contribution in [0.5, 0.6) is 17.2 Å². The molecule has 1 atom stereocenters. The average molecular weight is 494 g/mol. The SMILES string of the molecule is COc1cccc(C2/C(=C(\O)c3cc(OC)ccc3OC)C(=O)C(=O)N2c2ccc(C)c(Cl)c2)c1. The normalized spacial score (nSPS) is 16.9. The third-order valence-corrected chi connectivity index (χ3v) is 6.36. The van der Waals surface area contributed by atoms with E-state index in [1.807, 2.05) is 6.92 Å². The highest BCUT2D eigenvalue weighted by Crippen LogP contribution is 2.44. The molecule has 7 nitrogen and oxygen atoms in total. The number of aryl methyl sites for hydroxylation is 1. The lowest BCUT2D eigenvalue weighted by molar-refractivity contribution is -0.132. The Morgan fingerprint density at radius 1 is 0.914 bits per heavy atom. The maximum absolute atomic E-state index is 13.4. The molecule has 35 heavy (non-hydrogen) atoms. The number of halogens is 1. The van der Waals surface area contributed by atoms with Gasteiger partial charge >= 0.3 is 0 Å². The minimum absolute atomic E-state index is 0.0912.